The largest absolute Gasteiger partial charge is 0.463 e. The molecule has 1 aromatic rings. The molecule has 0 atom stereocenters. The van der Waals surface area contributed by atoms with Gasteiger partial charge in [0, 0.05) is 12.1 Å². The highest BCUT2D eigenvalue weighted by atomic mass is 16.5. The van der Waals surface area contributed by atoms with E-state index in [1.54, 1.807) is 6.92 Å². The zero-order valence-electron chi connectivity index (χ0n) is 12.4. The SMILES string of the molecule is CCOC(=O)C(C)=Cc1ccc(CN2CCCC2)cc1. The normalized spacial score (nSPS) is 16.4. The molecule has 1 aliphatic heterocycles. The molecule has 0 amide bonds. The van der Waals surface area contributed by atoms with Crippen LogP contribution in [-0.2, 0) is 16.1 Å². The van der Waals surface area contributed by atoms with Gasteiger partial charge in [-0.2, -0.15) is 0 Å². The smallest absolute Gasteiger partial charge is 0.333 e. The maximum Gasteiger partial charge on any atom is 0.333 e. The lowest BCUT2D eigenvalue weighted by Crippen LogP contribution is -2.18. The number of benzene rings is 1. The highest BCUT2D eigenvalue weighted by molar-refractivity contribution is 5.92. The molecule has 3 nitrogen and oxygen atoms in total. The number of carbonyl (C=O) groups is 1. The minimum atomic E-state index is -0.242. The molecule has 1 saturated heterocycles. The molecular weight excluding hydrogens is 250 g/mol. The summed E-state index contributed by atoms with van der Waals surface area (Å²) >= 11 is 0. The Morgan fingerprint density at radius 2 is 1.90 bits per heavy atom. The number of carbonyl (C=O) groups excluding carboxylic acids is 1. The van der Waals surface area contributed by atoms with Gasteiger partial charge in [-0.25, -0.2) is 4.79 Å². The fourth-order valence-corrected chi connectivity index (χ4v) is 2.47. The molecule has 1 heterocycles. The third-order valence-corrected chi connectivity index (χ3v) is 3.57. The van der Waals surface area contributed by atoms with Crippen molar-refractivity contribution in [2.24, 2.45) is 0 Å². The molecule has 108 valence electrons. The molecule has 1 aromatic carbocycles. The van der Waals surface area contributed by atoms with Crippen LogP contribution >= 0.6 is 0 Å². The van der Waals surface area contributed by atoms with E-state index in [9.17, 15) is 4.79 Å². The van der Waals surface area contributed by atoms with E-state index in [0.717, 1.165) is 12.1 Å². The Bertz CT molecular complexity index is 470. The van der Waals surface area contributed by atoms with Gasteiger partial charge >= 0.3 is 5.97 Å². The Morgan fingerprint density at radius 3 is 2.50 bits per heavy atom. The zero-order chi connectivity index (χ0) is 14.4. The van der Waals surface area contributed by atoms with Crippen molar-refractivity contribution in [2.45, 2.75) is 33.2 Å². The van der Waals surface area contributed by atoms with Gasteiger partial charge in [-0.1, -0.05) is 24.3 Å². The maximum atomic E-state index is 11.5. The molecule has 1 fully saturated rings. The van der Waals surface area contributed by atoms with E-state index >= 15 is 0 Å². The molecule has 0 aromatic heterocycles. The van der Waals surface area contributed by atoms with Gasteiger partial charge in [0.1, 0.15) is 0 Å². The summed E-state index contributed by atoms with van der Waals surface area (Å²) in [6.45, 7) is 7.47. The van der Waals surface area contributed by atoms with E-state index in [0.29, 0.717) is 12.2 Å². The number of hydrogen-bond acceptors (Lipinski definition) is 3. The van der Waals surface area contributed by atoms with Gasteiger partial charge in [-0.15, -0.1) is 0 Å². The average molecular weight is 273 g/mol. The van der Waals surface area contributed by atoms with E-state index in [2.05, 4.69) is 29.2 Å². The summed E-state index contributed by atoms with van der Waals surface area (Å²) in [7, 11) is 0. The standard InChI is InChI=1S/C17H23NO2/c1-3-20-17(19)14(2)12-15-6-8-16(9-7-15)13-18-10-4-5-11-18/h6-9,12H,3-5,10-11,13H2,1-2H3. The number of esters is 1. The Kier molecular flexibility index (Phi) is 5.36. The Labute approximate surface area is 121 Å². The summed E-state index contributed by atoms with van der Waals surface area (Å²) in [6.07, 6.45) is 4.51. The first-order valence-corrected chi connectivity index (χ1v) is 7.35. The summed E-state index contributed by atoms with van der Waals surface area (Å²) in [6, 6.07) is 8.41. The Morgan fingerprint density at radius 1 is 1.25 bits per heavy atom. The first kappa shape index (κ1) is 14.8. The van der Waals surface area contributed by atoms with Crippen molar-refractivity contribution in [1.82, 2.24) is 4.90 Å². The van der Waals surface area contributed by atoms with Gasteiger partial charge in [0.25, 0.3) is 0 Å². The summed E-state index contributed by atoms with van der Waals surface area (Å²) in [5, 5.41) is 0. The van der Waals surface area contributed by atoms with E-state index < -0.39 is 0 Å². The maximum absolute atomic E-state index is 11.5. The first-order valence-electron chi connectivity index (χ1n) is 7.35. The molecule has 0 bridgehead atoms. The lowest BCUT2D eigenvalue weighted by atomic mass is 10.1. The minimum Gasteiger partial charge on any atom is -0.463 e. The van der Waals surface area contributed by atoms with Crippen LogP contribution in [0, 0.1) is 0 Å². The fraction of sp³-hybridized carbons (Fsp3) is 0.471. The van der Waals surface area contributed by atoms with Crippen LogP contribution in [0.1, 0.15) is 37.8 Å². The van der Waals surface area contributed by atoms with Gasteiger partial charge in [0.05, 0.1) is 6.61 Å². The molecule has 0 saturated carbocycles. The zero-order valence-corrected chi connectivity index (χ0v) is 12.4. The number of rotatable bonds is 5. The van der Waals surface area contributed by atoms with Crippen LogP contribution in [-0.4, -0.2) is 30.6 Å². The average Bonchev–Trinajstić information content (AvgIpc) is 2.94. The summed E-state index contributed by atoms with van der Waals surface area (Å²) in [5.74, 6) is -0.242. The molecule has 3 heteroatoms. The van der Waals surface area contributed by atoms with Crippen molar-refractivity contribution in [3.05, 3.63) is 41.0 Å². The molecule has 1 aliphatic rings. The monoisotopic (exact) mass is 273 g/mol. The molecule has 0 N–H and O–H groups in total. The van der Waals surface area contributed by atoms with Crippen molar-refractivity contribution in [3.8, 4) is 0 Å². The van der Waals surface area contributed by atoms with Crippen LogP contribution in [0.3, 0.4) is 0 Å². The molecule has 20 heavy (non-hydrogen) atoms. The van der Waals surface area contributed by atoms with Gasteiger partial charge in [-0.3, -0.25) is 4.90 Å². The van der Waals surface area contributed by atoms with Gasteiger partial charge in [0.15, 0.2) is 0 Å². The second kappa shape index (κ2) is 7.25. The predicted molar refractivity (Wildman–Crippen MR) is 81.2 cm³/mol. The third-order valence-electron chi connectivity index (χ3n) is 3.57. The Balaban J connectivity index is 1.96. The number of hydrogen-bond donors (Lipinski definition) is 0. The molecule has 0 spiro atoms. The van der Waals surface area contributed by atoms with E-state index in [4.69, 9.17) is 4.74 Å². The van der Waals surface area contributed by atoms with Gasteiger partial charge < -0.3 is 4.74 Å². The highest BCUT2D eigenvalue weighted by Crippen LogP contribution is 2.14. The van der Waals surface area contributed by atoms with Crippen LogP contribution in [0.25, 0.3) is 6.08 Å². The molecule has 0 aliphatic carbocycles. The van der Waals surface area contributed by atoms with Crippen LogP contribution < -0.4 is 0 Å². The third kappa shape index (κ3) is 4.20. The Hall–Kier alpha value is -1.61. The molecule has 0 unspecified atom stereocenters. The van der Waals surface area contributed by atoms with Crippen molar-refractivity contribution < 1.29 is 9.53 Å². The van der Waals surface area contributed by atoms with Crippen LogP contribution in [0.5, 0.6) is 0 Å². The number of likely N-dealkylation sites (tertiary alicyclic amines) is 1. The molecular formula is C17H23NO2. The van der Waals surface area contributed by atoms with E-state index in [-0.39, 0.29) is 5.97 Å². The lowest BCUT2D eigenvalue weighted by molar-refractivity contribution is -0.138. The molecule has 0 radical (unpaired) electrons. The number of ether oxygens (including phenoxy) is 1. The van der Waals surface area contributed by atoms with Crippen LogP contribution in [0.2, 0.25) is 0 Å². The van der Waals surface area contributed by atoms with Gasteiger partial charge in [0.2, 0.25) is 0 Å². The summed E-state index contributed by atoms with van der Waals surface area (Å²) < 4.78 is 4.97. The van der Waals surface area contributed by atoms with E-state index in [1.807, 2.05) is 13.0 Å². The highest BCUT2D eigenvalue weighted by Gasteiger charge is 2.11. The van der Waals surface area contributed by atoms with Crippen molar-refractivity contribution >= 4 is 12.0 Å². The van der Waals surface area contributed by atoms with Crippen molar-refractivity contribution in [2.75, 3.05) is 19.7 Å². The molecule has 2 rings (SSSR count). The second-order valence-corrected chi connectivity index (χ2v) is 5.27. The van der Waals surface area contributed by atoms with E-state index in [1.165, 1.54) is 31.5 Å². The lowest BCUT2D eigenvalue weighted by Gasteiger charge is -2.14. The van der Waals surface area contributed by atoms with Gasteiger partial charge in [-0.05, 0) is 57.0 Å². The van der Waals surface area contributed by atoms with Crippen molar-refractivity contribution in [3.63, 3.8) is 0 Å². The number of nitrogens with zero attached hydrogens (tertiary/aromatic N) is 1. The quantitative estimate of drug-likeness (QED) is 0.609. The van der Waals surface area contributed by atoms with Crippen LogP contribution in [0.15, 0.2) is 29.8 Å². The van der Waals surface area contributed by atoms with Crippen LogP contribution in [0.4, 0.5) is 0 Å². The fourth-order valence-electron chi connectivity index (χ4n) is 2.47. The van der Waals surface area contributed by atoms with Crippen molar-refractivity contribution in [1.29, 1.82) is 0 Å². The summed E-state index contributed by atoms with van der Waals surface area (Å²) in [4.78, 5) is 14.0. The minimum absolute atomic E-state index is 0.242. The second-order valence-electron chi connectivity index (χ2n) is 5.27. The predicted octanol–water partition coefficient (Wildman–Crippen LogP) is 3.25. The topological polar surface area (TPSA) is 29.5 Å². The first-order chi connectivity index (χ1) is 9.69. The summed E-state index contributed by atoms with van der Waals surface area (Å²) in [5.41, 5.74) is 3.01.